The molecule has 1 amide bonds. The van der Waals surface area contributed by atoms with Crippen LogP contribution in [0.3, 0.4) is 0 Å². The molecule has 1 aliphatic heterocycles. The van der Waals surface area contributed by atoms with E-state index in [0.717, 1.165) is 44.6 Å². The van der Waals surface area contributed by atoms with Crippen molar-refractivity contribution in [1.29, 1.82) is 0 Å². The number of anilines is 2. The van der Waals surface area contributed by atoms with Crippen molar-refractivity contribution in [3.63, 3.8) is 0 Å². The summed E-state index contributed by atoms with van der Waals surface area (Å²) in [6.07, 6.45) is 0. The monoisotopic (exact) mass is 459 g/mol. The molecule has 5 aromatic rings. The lowest BCUT2D eigenvalue weighted by Gasteiger charge is -2.18. The van der Waals surface area contributed by atoms with Gasteiger partial charge in [0.2, 0.25) is 0 Å². The van der Waals surface area contributed by atoms with Crippen LogP contribution in [-0.4, -0.2) is 13.0 Å². The number of methoxy groups -OCH3 is 1. The highest BCUT2D eigenvalue weighted by Crippen LogP contribution is 2.45. The smallest absolute Gasteiger partial charge is 0.263 e. The first-order valence-corrected chi connectivity index (χ1v) is 11.9. The number of hydrogen-bond donors (Lipinski definition) is 0. The Morgan fingerprint density at radius 1 is 0.676 bits per heavy atom. The lowest BCUT2D eigenvalue weighted by atomic mass is 9.96. The van der Waals surface area contributed by atoms with Crippen LogP contribution in [0.4, 0.5) is 11.4 Å². The third-order valence-electron chi connectivity index (χ3n) is 6.17. The number of rotatable bonds is 5. The van der Waals surface area contributed by atoms with Gasteiger partial charge in [-0.15, -0.1) is 0 Å². The molecule has 0 saturated heterocycles. The van der Waals surface area contributed by atoms with Gasteiger partial charge in [-0.1, -0.05) is 60.3 Å². The van der Waals surface area contributed by atoms with Crippen LogP contribution in [0.2, 0.25) is 0 Å². The number of carbonyl (C=O) groups excluding carboxylic acids is 1. The van der Waals surface area contributed by atoms with Crippen LogP contribution in [0.5, 0.6) is 5.75 Å². The van der Waals surface area contributed by atoms with Gasteiger partial charge in [-0.25, -0.2) is 0 Å². The van der Waals surface area contributed by atoms with E-state index in [1.54, 1.807) is 23.8 Å². The van der Waals surface area contributed by atoms with Crippen molar-refractivity contribution >= 4 is 39.8 Å². The molecule has 0 atom stereocenters. The van der Waals surface area contributed by atoms with Gasteiger partial charge in [0.1, 0.15) is 5.75 Å². The van der Waals surface area contributed by atoms with Crippen LogP contribution in [-0.2, 0) is 0 Å². The van der Waals surface area contributed by atoms with E-state index in [2.05, 4.69) is 66.7 Å². The minimum Gasteiger partial charge on any atom is -0.497 e. The van der Waals surface area contributed by atoms with E-state index in [9.17, 15) is 4.79 Å². The van der Waals surface area contributed by atoms with E-state index in [1.807, 2.05) is 42.5 Å². The number of amides is 1. The average molecular weight is 460 g/mol. The number of ether oxygens (including phenoxy) is 1. The van der Waals surface area contributed by atoms with Crippen molar-refractivity contribution in [1.82, 2.24) is 0 Å². The summed E-state index contributed by atoms with van der Waals surface area (Å²) in [5, 5.41) is 2.09. The third-order valence-corrected chi connectivity index (χ3v) is 7.18. The molecule has 0 N–H and O–H groups in total. The molecule has 0 fully saturated rings. The van der Waals surface area contributed by atoms with Gasteiger partial charge in [0.15, 0.2) is 0 Å². The highest BCUT2D eigenvalue weighted by molar-refractivity contribution is 7.99. The summed E-state index contributed by atoms with van der Waals surface area (Å²) in [4.78, 5) is 17.6. The highest BCUT2D eigenvalue weighted by atomic mass is 32.2. The molecule has 0 unspecified atom stereocenters. The Morgan fingerprint density at radius 3 is 2.15 bits per heavy atom. The number of nitrogens with zero attached hydrogens (tertiary/aromatic N) is 1. The standard InChI is InChI=1S/C30H21NO2S/c1-33-22-14-12-21(13-15-22)31-28-19-18-25(26-8-5-9-27(29(26)28)30(31)32)20-10-16-24(17-11-20)34-23-6-3-2-4-7-23/h2-19H,1H3. The maximum atomic E-state index is 13.4. The summed E-state index contributed by atoms with van der Waals surface area (Å²) in [6, 6.07) is 36.8. The van der Waals surface area contributed by atoms with E-state index in [0.29, 0.717) is 0 Å². The molecular weight excluding hydrogens is 438 g/mol. The van der Waals surface area contributed by atoms with Gasteiger partial charge < -0.3 is 4.74 Å². The molecule has 1 heterocycles. The van der Waals surface area contributed by atoms with Gasteiger partial charge in [0.25, 0.3) is 5.91 Å². The Balaban J connectivity index is 1.40. The summed E-state index contributed by atoms with van der Waals surface area (Å²) in [5.41, 5.74) is 4.75. The maximum Gasteiger partial charge on any atom is 0.263 e. The largest absolute Gasteiger partial charge is 0.497 e. The zero-order chi connectivity index (χ0) is 23.1. The van der Waals surface area contributed by atoms with Crippen molar-refractivity contribution in [2.24, 2.45) is 0 Å². The first-order valence-electron chi connectivity index (χ1n) is 11.1. The normalized spacial score (nSPS) is 12.4. The first-order chi connectivity index (χ1) is 16.7. The molecule has 0 spiro atoms. The van der Waals surface area contributed by atoms with Crippen LogP contribution in [0, 0.1) is 0 Å². The van der Waals surface area contributed by atoms with Gasteiger partial charge in [-0.05, 0) is 77.2 Å². The fraction of sp³-hybridized carbons (Fsp3) is 0.0333. The molecule has 34 heavy (non-hydrogen) atoms. The van der Waals surface area contributed by atoms with Crippen molar-refractivity contribution in [3.05, 3.63) is 115 Å². The van der Waals surface area contributed by atoms with E-state index < -0.39 is 0 Å². The Labute approximate surface area is 202 Å². The molecule has 0 radical (unpaired) electrons. The van der Waals surface area contributed by atoms with Crippen LogP contribution in [0.25, 0.3) is 21.9 Å². The molecule has 0 aliphatic carbocycles. The lowest BCUT2D eigenvalue weighted by molar-refractivity contribution is 0.100. The molecule has 164 valence electrons. The molecule has 0 saturated carbocycles. The minimum atomic E-state index is -0.00229. The second-order valence-electron chi connectivity index (χ2n) is 8.14. The van der Waals surface area contributed by atoms with E-state index in [-0.39, 0.29) is 5.91 Å². The zero-order valence-electron chi connectivity index (χ0n) is 18.6. The van der Waals surface area contributed by atoms with Crippen LogP contribution in [0.15, 0.2) is 119 Å². The predicted octanol–water partition coefficient (Wildman–Crippen LogP) is 7.96. The van der Waals surface area contributed by atoms with Crippen molar-refractivity contribution in [2.75, 3.05) is 12.0 Å². The molecule has 4 heteroatoms. The van der Waals surface area contributed by atoms with Gasteiger partial charge >= 0.3 is 0 Å². The summed E-state index contributed by atoms with van der Waals surface area (Å²) in [6.45, 7) is 0. The third kappa shape index (κ3) is 3.44. The summed E-state index contributed by atoms with van der Waals surface area (Å²) in [7, 11) is 1.64. The number of carbonyl (C=O) groups is 1. The Hall–Kier alpha value is -4.02. The second kappa shape index (κ2) is 8.40. The van der Waals surface area contributed by atoms with E-state index >= 15 is 0 Å². The van der Waals surface area contributed by atoms with Gasteiger partial charge in [0.05, 0.1) is 18.4 Å². The Bertz CT molecular complexity index is 1510. The van der Waals surface area contributed by atoms with Crippen molar-refractivity contribution < 1.29 is 9.53 Å². The van der Waals surface area contributed by atoms with Crippen LogP contribution >= 0.6 is 11.8 Å². The van der Waals surface area contributed by atoms with Crippen LogP contribution in [0.1, 0.15) is 10.4 Å². The van der Waals surface area contributed by atoms with Crippen molar-refractivity contribution in [3.8, 4) is 16.9 Å². The SMILES string of the molecule is COc1ccc(N2C(=O)c3cccc4c(-c5ccc(Sc6ccccc6)cc5)ccc2c34)cc1. The van der Waals surface area contributed by atoms with E-state index in [4.69, 9.17) is 4.74 Å². The molecule has 3 nitrogen and oxygen atoms in total. The molecule has 5 aromatic carbocycles. The quantitative estimate of drug-likeness (QED) is 0.267. The van der Waals surface area contributed by atoms with Gasteiger partial charge in [0, 0.05) is 20.9 Å². The molecule has 0 aromatic heterocycles. The van der Waals surface area contributed by atoms with Gasteiger partial charge in [-0.2, -0.15) is 0 Å². The van der Waals surface area contributed by atoms with Crippen LogP contribution < -0.4 is 9.64 Å². The molecule has 6 rings (SSSR count). The Morgan fingerprint density at radius 2 is 1.41 bits per heavy atom. The summed E-state index contributed by atoms with van der Waals surface area (Å²) < 4.78 is 5.28. The number of benzene rings is 5. The fourth-order valence-electron chi connectivity index (χ4n) is 4.55. The molecular formula is C30H21NO2S. The number of hydrogen-bond acceptors (Lipinski definition) is 3. The topological polar surface area (TPSA) is 29.5 Å². The molecule has 0 bridgehead atoms. The second-order valence-corrected chi connectivity index (χ2v) is 9.29. The maximum absolute atomic E-state index is 13.4. The van der Waals surface area contributed by atoms with E-state index in [1.165, 1.54) is 9.79 Å². The first kappa shape index (κ1) is 20.6. The Kier molecular flexibility index (Phi) is 5.08. The highest BCUT2D eigenvalue weighted by Gasteiger charge is 2.31. The fourth-order valence-corrected chi connectivity index (χ4v) is 5.39. The summed E-state index contributed by atoms with van der Waals surface area (Å²) >= 11 is 1.75. The minimum absolute atomic E-state index is 0.00229. The average Bonchev–Trinajstić information content (AvgIpc) is 3.18. The zero-order valence-corrected chi connectivity index (χ0v) is 19.4. The molecule has 1 aliphatic rings. The predicted molar refractivity (Wildman–Crippen MR) is 139 cm³/mol. The van der Waals surface area contributed by atoms with Crippen molar-refractivity contribution in [2.45, 2.75) is 9.79 Å². The summed E-state index contributed by atoms with van der Waals surface area (Å²) in [5.74, 6) is 0.764. The van der Waals surface area contributed by atoms with Gasteiger partial charge in [-0.3, -0.25) is 9.69 Å². The lowest BCUT2D eigenvalue weighted by Crippen LogP contribution is -2.20.